The van der Waals surface area contributed by atoms with Crippen LogP contribution in [0.5, 0.6) is 0 Å². The van der Waals surface area contributed by atoms with E-state index in [1.807, 2.05) is 36.0 Å². The van der Waals surface area contributed by atoms with E-state index < -0.39 is 11.1 Å². The van der Waals surface area contributed by atoms with Crippen LogP contribution in [-0.4, -0.2) is 45.2 Å². The molecule has 0 fully saturated rings. The first-order valence-corrected chi connectivity index (χ1v) is 13.4. The summed E-state index contributed by atoms with van der Waals surface area (Å²) in [7, 11) is 0. The van der Waals surface area contributed by atoms with Crippen LogP contribution in [0.3, 0.4) is 0 Å². The van der Waals surface area contributed by atoms with Crippen LogP contribution in [0.1, 0.15) is 11.1 Å². The van der Waals surface area contributed by atoms with Gasteiger partial charge in [0.05, 0.1) is 0 Å². The number of allylic oxidation sites excluding steroid dienone is 4. The predicted octanol–water partition coefficient (Wildman–Crippen LogP) is 2.50. The predicted molar refractivity (Wildman–Crippen MR) is 136 cm³/mol. The summed E-state index contributed by atoms with van der Waals surface area (Å²) in [4.78, 5) is 0. The summed E-state index contributed by atoms with van der Waals surface area (Å²) in [6.07, 6.45) is 17.6. The second-order valence-corrected chi connectivity index (χ2v) is 11.3. The van der Waals surface area contributed by atoms with Gasteiger partial charge in [-0.1, -0.05) is 0 Å². The number of hydrogen-bond acceptors (Lipinski definition) is 3. The van der Waals surface area contributed by atoms with Gasteiger partial charge in [0.2, 0.25) is 0 Å². The zero-order chi connectivity index (χ0) is 21.9. The molecule has 0 aromatic heterocycles. The molecule has 2 aliphatic rings. The van der Waals surface area contributed by atoms with Crippen molar-refractivity contribution in [2.75, 3.05) is 11.5 Å². The Bertz CT molecular complexity index is 945. The van der Waals surface area contributed by atoms with Gasteiger partial charge < -0.3 is 0 Å². The fraction of sp³-hybridized carbons (Fsp3) is 0.231. The van der Waals surface area contributed by atoms with E-state index in [0.717, 1.165) is 31.3 Å². The van der Waals surface area contributed by atoms with Crippen molar-refractivity contribution in [2.45, 2.75) is 11.1 Å². The van der Waals surface area contributed by atoms with E-state index >= 15 is 0 Å². The van der Waals surface area contributed by atoms with Crippen LogP contribution in [0.15, 0.2) is 97.1 Å². The Morgan fingerprint density at radius 3 is 1.35 bits per heavy atom. The number of nitrogens with two attached hydrogens (primary N) is 2. The van der Waals surface area contributed by atoms with Gasteiger partial charge in [-0.05, 0) is 0 Å². The van der Waals surface area contributed by atoms with E-state index in [1.165, 1.54) is 0 Å². The van der Waals surface area contributed by atoms with E-state index in [-0.39, 0.29) is 0 Å². The molecule has 4 N–H and O–H groups in total. The second kappa shape index (κ2) is 9.73. The Balaban J connectivity index is 1.30. The molecular formula is C26H26As2N2S. The molecule has 0 unspecified atom stereocenters. The quantitative estimate of drug-likeness (QED) is 0.431. The van der Waals surface area contributed by atoms with Crippen LogP contribution in [0, 0.1) is 11.8 Å². The molecule has 4 radical (unpaired) electrons. The van der Waals surface area contributed by atoms with Crippen molar-refractivity contribution in [2.24, 2.45) is 23.3 Å². The molecule has 0 amide bonds. The fourth-order valence-electron chi connectivity index (χ4n) is 3.97. The third-order valence-corrected chi connectivity index (χ3v) is 8.72. The van der Waals surface area contributed by atoms with Crippen LogP contribution in [0.25, 0.3) is 0 Å². The van der Waals surface area contributed by atoms with Gasteiger partial charge in [0.15, 0.2) is 0 Å². The van der Waals surface area contributed by atoms with Crippen molar-refractivity contribution in [3.8, 4) is 0 Å². The fourth-order valence-corrected chi connectivity index (χ4v) is 6.58. The van der Waals surface area contributed by atoms with Crippen molar-refractivity contribution >= 4 is 54.2 Å². The zero-order valence-corrected chi connectivity index (χ0v) is 21.8. The van der Waals surface area contributed by atoms with Gasteiger partial charge >= 0.3 is 208 Å². The molecule has 5 heteroatoms. The molecule has 0 aliphatic heterocycles. The normalized spacial score (nSPS) is 29.4. The molecule has 0 saturated heterocycles. The van der Waals surface area contributed by atoms with Crippen molar-refractivity contribution in [1.82, 2.24) is 0 Å². The number of rotatable bonds is 6. The Morgan fingerprint density at radius 2 is 1.00 bits per heavy atom. The van der Waals surface area contributed by atoms with E-state index in [1.54, 1.807) is 0 Å². The molecule has 4 rings (SSSR count). The van der Waals surface area contributed by atoms with Crippen LogP contribution < -0.4 is 20.2 Å². The molecule has 0 heterocycles. The van der Waals surface area contributed by atoms with Gasteiger partial charge in [-0.2, -0.15) is 0 Å². The standard InChI is InChI=1S/C26H26As2N2S/c27-23-7-3-1-5-21(23)25(29)13-9-19(10-14-25)17-31-18-20-11-15-26(30,16-12-20)22-6-2-4-8-24(22)28/h1-16,19-20H,17-18,29-30H2. The van der Waals surface area contributed by atoms with Gasteiger partial charge in [0, 0.05) is 0 Å². The minimum atomic E-state index is -0.516. The van der Waals surface area contributed by atoms with Gasteiger partial charge in [-0.15, -0.1) is 0 Å². The minimum absolute atomic E-state index is 0.412. The van der Waals surface area contributed by atoms with Crippen LogP contribution in [0.2, 0.25) is 0 Å². The monoisotopic (exact) mass is 548 g/mol. The molecule has 31 heavy (non-hydrogen) atoms. The molecular weight excluding hydrogens is 522 g/mol. The average molecular weight is 548 g/mol. The van der Waals surface area contributed by atoms with Crippen molar-refractivity contribution < 1.29 is 0 Å². The van der Waals surface area contributed by atoms with Gasteiger partial charge in [-0.3, -0.25) is 0 Å². The number of benzene rings is 2. The Labute approximate surface area is 207 Å². The maximum atomic E-state index is 6.65. The second-order valence-electron chi connectivity index (χ2n) is 8.20. The molecule has 0 bridgehead atoms. The van der Waals surface area contributed by atoms with Crippen LogP contribution in [0.4, 0.5) is 0 Å². The Morgan fingerprint density at radius 1 is 0.645 bits per heavy atom. The first-order valence-electron chi connectivity index (χ1n) is 10.4. The number of hydrogen-bond donors (Lipinski definition) is 2. The zero-order valence-electron chi connectivity index (χ0n) is 17.3. The van der Waals surface area contributed by atoms with E-state index in [0.29, 0.717) is 11.8 Å². The molecule has 2 aromatic rings. The maximum absolute atomic E-state index is 6.65. The first-order chi connectivity index (χ1) is 14.9. The van der Waals surface area contributed by atoms with Gasteiger partial charge in [0.25, 0.3) is 0 Å². The van der Waals surface area contributed by atoms with Crippen molar-refractivity contribution in [3.63, 3.8) is 0 Å². The van der Waals surface area contributed by atoms with E-state index in [2.05, 4.69) is 107 Å². The van der Waals surface area contributed by atoms with Crippen molar-refractivity contribution in [3.05, 3.63) is 108 Å². The molecule has 0 atom stereocenters. The molecule has 2 aromatic carbocycles. The molecule has 2 nitrogen and oxygen atoms in total. The summed E-state index contributed by atoms with van der Waals surface area (Å²) < 4.78 is 2.33. The molecule has 156 valence electrons. The third kappa shape index (κ3) is 5.24. The summed E-state index contributed by atoms with van der Waals surface area (Å²) in [6.45, 7) is 0. The summed E-state index contributed by atoms with van der Waals surface area (Å²) >= 11 is 7.21. The summed E-state index contributed by atoms with van der Waals surface area (Å²) in [5.74, 6) is 2.92. The van der Waals surface area contributed by atoms with Gasteiger partial charge in [0.1, 0.15) is 0 Å². The molecule has 0 saturated carbocycles. The van der Waals surface area contributed by atoms with Gasteiger partial charge in [-0.25, -0.2) is 0 Å². The SMILES string of the molecule is NC1(c2ccccc2[As])C=CC(CSCC2C=CC(N)(c3ccccc3[As])C=C2)C=C1. The van der Waals surface area contributed by atoms with Crippen LogP contribution >= 0.6 is 11.8 Å². The molecule has 0 spiro atoms. The van der Waals surface area contributed by atoms with Crippen molar-refractivity contribution in [1.29, 1.82) is 0 Å². The average Bonchev–Trinajstić information content (AvgIpc) is 2.77. The summed E-state index contributed by atoms with van der Waals surface area (Å²) in [6, 6.07) is 16.6. The van der Waals surface area contributed by atoms with E-state index in [4.69, 9.17) is 11.5 Å². The topological polar surface area (TPSA) is 52.0 Å². The number of thioether (sulfide) groups is 1. The summed E-state index contributed by atoms with van der Waals surface area (Å²) in [5, 5.41) is 0. The first kappa shape index (κ1) is 23.0. The Hall–Kier alpha value is -1.21. The summed E-state index contributed by atoms with van der Waals surface area (Å²) in [5.41, 5.74) is 14.6. The van der Waals surface area contributed by atoms with Crippen LogP contribution in [-0.2, 0) is 11.1 Å². The third-order valence-electron chi connectivity index (χ3n) is 5.84. The Kier molecular flexibility index (Phi) is 7.21. The van der Waals surface area contributed by atoms with E-state index in [9.17, 15) is 0 Å². The molecule has 2 aliphatic carbocycles.